The Labute approximate surface area is 355 Å². The Kier molecular flexibility index (Phi) is 13.8. The molecule has 4 aliphatic carbocycles. The first-order chi connectivity index (χ1) is 26.1. The quantitative estimate of drug-likeness (QED) is 0.124. The summed E-state index contributed by atoms with van der Waals surface area (Å²) in [6.07, 6.45) is 27.6. The van der Waals surface area contributed by atoms with E-state index < -0.39 is 17.4 Å². The third-order valence-electron chi connectivity index (χ3n) is 14.9. The predicted molar refractivity (Wildman–Crippen MR) is 250 cm³/mol. The molecule has 0 N–H and O–H groups in total. The van der Waals surface area contributed by atoms with E-state index in [4.69, 9.17) is 0 Å². The van der Waals surface area contributed by atoms with Crippen LogP contribution in [-0.4, -0.2) is 6.88 Å². The van der Waals surface area contributed by atoms with Gasteiger partial charge in [-0.15, -0.1) is 24.8 Å². The second-order valence-corrected chi connectivity index (χ2v) is 50.0. The monoisotopic (exact) mass is 880 g/mol. The molecule has 56 heavy (non-hydrogen) atoms. The molecule has 0 amide bonds. The van der Waals surface area contributed by atoms with E-state index in [9.17, 15) is 0 Å². The zero-order chi connectivity index (χ0) is 37.4. The van der Waals surface area contributed by atoms with Gasteiger partial charge in [-0.05, 0) is 0 Å². The van der Waals surface area contributed by atoms with Crippen molar-refractivity contribution in [3.8, 4) is 22.3 Å². The molecule has 2 fully saturated rings. The SMILES string of the molecule is CCCC1(CC2=Cc3c(-c4ccccc4)cccc3[CH]2[Zr]([CH3])([CH3])(=[SiH2])[CH]2C(CC3(CCC)CCCCC3)=Cc3c(-c4ccccc4)cccc32)CCCCC1.Cl.Cl. The van der Waals surface area contributed by atoms with Crippen molar-refractivity contribution in [3.05, 3.63) is 130 Å². The molecule has 0 aromatic heterocycles. The predicted octanol–water partition coefficient (Wildman–Crippen LogP) is 16.1. The summed E-state index contributed by atoms with van der Waals surface area (Å²) in [6.45, 7) is 7.47. The van der Waals surface area contributed by atoms with Crippen molar-refractivity contribution in [2.24, 2.45) is 10.8 Å². The van der Waals surface area contributed by atoms with Gasteiger partial charge in [-0.1, -0.05) is 0 Å². The van der Waals surface area contributed by atoms with Crippen LogP contribution in [0.25, 0.3) is 34.4 Å². The van der Waals surface area contributed by atoms with Gasteiger partial charge in [-0.3, -0.25) is 0 Å². The fourth-order valence-electron chi connectivity index (χ4n) is 12.9. The molecule has 0 nitrogen and oxygen atoms in total. The van der Waals surface area contributed by atoms with Crippen LogP contribution in [0.3, 0.4) is 0 Å². The Morgan fingerprint density at radius 2 is 0.893 bits per heavy atom. The summed E-state index contributed by atoms with van der Waals surface area (Å²) in [5.41, 5.74) is 16.5. The number of benzene rings is 4. The van der Waals surface area contributed by atoms with E-state index >= 15 is 0 Å². The van der Waals surface area contributed by atoms with Crippen molar-refractivity contribution >= 4 is 43.8 Å². The van der Waals surface area contributed by atoms with Crippen molar-refractivity contribution in [2.75, 3.05) is 0 Å². The average molecular weight is 883 g/mol. The largest absolute Gasteiger partial charge is 0.147 e. The Hall–Kier alpha value is -1.96. The Bertz CT molecular complexity index is 1940. The first-order valence-corrected chi connectivity index (χ1v) is 35.7. The first-order valence-electron chi connectivity index (χ1n) is 22.0. The number of halogens is 2. The molecule has 2 atom stereocenters. The fraction of sp³-hybridized carbons (Fsp3) is 0.462. The average Bonchev–Trinajstić information content (AvgIpc) is 3.75. The minimum absolute atomic E-state index is 0. The van der Waals surface area contributed by atoms with E-state index in [1.165, 1.54) is 125 Å². The summed E-state index contributed by atoms with van der Waals surface area (Å²) in [6, 6.07) is 37.4. The number of hydrogen-bond acceptors (Lipinski definition) is 0. The van der Waals surface area contributed by atoms with Crippen LogP contribution in [0.4, 0.5) is 0 Å². The van der Waals surface area contributed by atoms with Gasteiger partial charge in [-0.2, -0.15) is 0 Å². The third-order valence-corrected chi connectivity index (χ3v) is 32.4. The Morgan fingerprint density at radius 1 is 0.518 bits per heavy atom. The maximum atomic E-state index is 2.92. The molecule has 2 unspecified atom stereocenters. The van der Waals surface area contributed by atoms with Gasteiger partial charge in [0, 0.05) is 0 Å². The van der Waals surface area contributed by atoms with Crippen LogP contribution in [0, 0.1) is 10.8 Å². The fourth-order valence-corrected chi connectivity index (χ4v) is 32.6. The smallest absolute Gasteiger partial charge is 0.147 e. The summed E-state index contributed by atoms with van der Waals surface area (Å²) >= 11 is -3.92. The molecule has 2 saturated carbocycles. The van der Waals surface area contributed by atoms with Crippen molar-refractivity contribution < 1.29 is 17.4 Å². The van der Waals surface area contributed by atoms with Crippen LogP contribution in [0.5, 0.6) is 0 Å². The second kappa shape index (κ2) is 17.7. The summed E-state index contributed by atoms with van der Waals surface area (Å²) in [4.78, 5) is 0. The van der Waals surface area contributed by atoms with Crippen LogP contribution in [0.15, 0.2) is 108 Å². The topological polar surface area (TPSA) is 0 Å². The van der Waals surface area contributed by atoms with E-state index in [0.717, 1.165) is 0 Å². The third kappa shape index (κ3) is 8.27. The Morgan fingerprint density at radius 3 is 1.25 bits per heavy atom. The van der Waals surface area contributed by atoms with Crippen molar-refractivity contribution in [3.63, 3.8) is 0 Å². The maximum Gasteiger partial charge on any atom is -0.147 e. The normalized spacial score (nSPS) is 21.2. The van der Waals surface area contributed by atoms with Crippen LogP contribution in [-0.2, 0) is 17.4 Å². The standard InChI is InChI=1S/2C25H29.2CH3.2ClH.H2Si.Zr/c2*1-2-14-25(15-7-4-8-16-25)19-20-17-22-12-9-13-23(24(22)18-20)21-10-5-3-6-11-21;;;;;;/h2*3,5-6,9-13,17-18H,2,4,7-8,14-16,19H2,1H3;2*1H3;2*1H;1H2;. The zero-order valence-electron chi connectivity index (χ0n) is 34.9. The summed E-state index contributed by atoms with van der Waals surface area (Å²) in [5, 5.41) is 0. The van der Waals surface area contributed by atoms with Crippen molar-refractivity contribution in [1.82, 2.24) is 0 Å². The minimum atomic E-state index is -3.92. The van der Waals surface area contributed by atoms with Gasteiger partial charge in [0.1, 0.15) is 0 Å². The molecular weight excluding hydrogens is 815 g/mol. The molecule has 0 spiro atoms. The first kappa shape index (κ1) is 43.6. The minimum Gasteiger partial charge on any atom is -0.147 e. The number of allylic oxidation sites excluding steroid dienone is 2. The van der Waals surface area contributed by atoms with E-state index in [2.05, 4.69) is 139 Å². The molecule has 0 bridgehead atoms. The molecule has 298 valence electrons. The van der Waals surface area contributed by atoms with Crippen molar-refractivity contribution in [2.45, 2.75) is 133 Å². The van der Waals surface area contributed by atoms with Gasteiger partial charge >= 0.3 is 333 Å². The summed E-state index contributed by atoms with van der Waals surface area (Å²) < 4.78 is 6.94. The van der Waals surface area contributed by atoms with Crippen LogP contribution >= 0.6 is 24.8 Å². The van der Waals surface area contributed by atoms with Crippen LogP contribution in [0.1, 0.15) is 146 Å². The van der Waals surface area contributed by atoms with Gasteiger partial charge in [0.2, 0.25) is 0 Å². The van der Waals surface area contributed by atoms with Crippen LogP contribution < -0.4 is 0 Å². The summed E-state index contributed by atoms with van der Waals surface area (Å²) in [7, 11) is 0. The van der Waals surface area contributed by atoms with Gasteiger partial charge in [0.15, 0.2) is 0 Å². The van der Waals surface area contributed by atoms with Gasteiger partial charge in [0.25, 0.3) is 0 Å². The Balaban J connectivity index is 0.00000266. The van der Waals surface area contributed by atoms with Gasteiger partial charge in [0.05, 0.1) is 0 Å². The van der Waals surface area contributed by atoms with Crippen molar-refractivity contribution in [1.29, 1.82) is 0 Å². The van der Waals surface area contributed by atoms with E-state index in [1.54, 1.807) is 22.3 Å². The molecule has 4 heteroatoms. The molecule has 4 aromatic rings. The van der Waals surface area contributed by atoms with Gasteiger partial charge in [-0.25, -0.2) is 0 Å². The summed E-state index contributed by atoms with van der Waals surface area (Å²) in [5.74, 6) is 0. The maximum absolute atomic E-state index is 3.92. The number of rotatable bonds is 12. The molecule has 0 heterocycles. The molecule has 0 radical (unpaired) electrons. The van der Waals surface area contributed by atoms with Crippen LogP contribution in [0.2, 0.25) is 9.26 Å². The molecule has 0 aliphatic heterocycles. The number of hydrogen-bond donors (Lipinski definition) is 0. The van der Waals surface area contributed by atoms with E-state index in [0.29, 0.717) is 18.1 Å². The van der Waals surface area contributed by atoms with Gasteiger partial charge < -0.3 is 0 Å². The second-order valence-electron chi connectivity index (χ2n) is 19.6. The van der Waals surface area contributed by atoms with E-state index in [-0.39, 0.29) is 24.8 Å². The van der Waals surface area contributed by atoms with E-state index in [1.807, 2.05) is 11.1 Å². The zero-order valence-corrected chi connectivity index (χ0v) is 40.4. The molecule has 8 rings (SSSR count). The number of fused-ring (bicyclic) bond motifs is 2. The molecular formula is C52H68Cl2SiZr. The molecule has 4 aromatic carbocycles. The molecule has 0 saturated heterocycles. The molecule has 4 aliphatic rings.